The summed E-state index contributed by atoms with van der Waals surface area (Å²) in [7, 11) is 0. The lowest BCUT2D eigenvalue weighted by Gasteiger charge is -2.26. The highest BCUT2D eigenvalue weighted by molar-refractivity contribution is 9.10. The van der Waals surface area contributed by atoms with Crippen LogP contribution >= 0.6 is 15.9 Å². The Morgan fingerprint density at radius 2 is 2.19 bits per heavy atom. The largest absolute Gasteiger partial charge is 0.393 e. The maximum Gasteiger partial charge on any atom is 0.123 e. The van der Waals surface area contributed by atoms with Crippen molar-refractivity contribution in [3.8, 4) is 0 Å². The summed E-state index contributed by atoms with van der Waals surface area (Å²) in [5.74, 6) is 0.302. The first kappa shape index (κ1) is 12.1. The van der Waals surface area contributed by atoms with Crippen molar-refractivity contribution in [3.63, 3.8) is 0 Å². The lowest BCUT2D eigenvalue weighted by Crippen LogP contribution is -2.21. The Hall–Kier alpha value is -0.410. The molecule has 2 atom stereocenters. The van der Waals surface area contributed by atoms with Crippen LogP contribution in [0.2, 0.25) is 0 Å². The summed E-state index contributed by atoms with van der Waals surface area (Å²) in [6.07, 6.45) is 4.68. The summed E-state index contributed by atoms with van der Waals surface area (Å²) in [5.41, 5.74) is 1.01. The standard InChI is InChI=1S/C13H16BrFO/c14-13-5-4-11(15)8-10(13)6-9-2-1-3-12(16)7-9/h4-5,8-9,12,16H,1-3,6-7H2. The predicted molar refractivity (Wildman–Crippen MR) is 65.8 cm³/mol. The van der Waals surface area contributed by atoms with E-state index in [9.17, 15) is 9.50 Å². The van der Waals surface area contributed by atoms with Crippen LogP contribution in [-0.4, -0.2) is 11.2 Å². The first-order valence-electron chi connectivity index (χ1n) is 5.77. The Labute approximate surface area is 104 Å². The second kappa shape index (κ2) is 5.28. The number of aliphatic hydroxyl groups excluding tert-OH is 1. The van der Waals surface area contributed by atoms with E-state index in [1.807, 2.05) is 0 Å². The van der Waals surface area contributed by atoms with Crippen molar-refractivity contribution >= 4 is 15.9 Å². The first-order valence-corrected chi connectivity index (χ1v) is 6.56. The number of aliphatic hydroxyl groups is 1. The van der Waals surface area contributed by atoms with E-state index in [2.05, 4.69) is 15.9 Å². The van der Waals surface area contributed by atoms with E-state index < -0.39 is 0 Å². The van der Waals surface area contributed by atoms with E-state index in [-0.39, 0.29) is 11.9 Å². The van der Waals surface area contributed by atoms with Gasteiger partial charge in [-0.15, -0.1) is 0 Å². The van der Waals surface area contributed by atoms with Crippen molar-refractivity contribution in [1.29, 1.82) is 0 Å². The van der Waals surface area contributed by atoms with Crippen molar-refractivity contribution < 1.29 is 9.50 Å². The minimum atomic E-state index is -0.186. The predicted octanol–water partition coefficient (Wildman–Crippen LogP) is 3.68. The molecular weight excluding hydrogens is 271 g/mol. The maximum atomic E-state index is 13.1. The van der Waals surface area contributed by atoms with Crippen LogP contribution in [0.25, 0.3) is 0 Å². The van der Waals surface area contributed by atoms with E-state index >= 15 is 0 Å². The smallest absolute Gasteiger partial charge is 0.123 e. The molecule has 1 nitrogen and oxygen atoms in total. The molecule has 0 radical (unpaired) electrons. The molecule has 0 aromatic heterocycles. The van der Waals surface area contributed by atoms with Crippen molar-refractivity contribution in [1.82, 2.24) is 0 Å². The fraction of sp³-hybridized carbons (Fsp3) is 0.538. The lowest BCUT2D eigenvalue weighted by molar-refractivity contribution is 0.101. The Morgan fingerprint density at radius 1 is 1.38 bits per heavy atom. The van der Waals surface area contributed by atoms with Gasteiger partial charge in [0.15, 0.2) is 0 Å². The third kappa shape index (κ3) is 3.05. The molecule has 1 aliphatic carbocycles. The van der Waals surface area contributed by atoms with Crippen LogP contribution in [0, 0.1) is 11.7 Å². The van der Waals surface area contributed by atoms with Gasteiger partial charge < -0.3 is 5.11 Å². The highest BCUT2D eigenvalue weighted by Gasteiger charge is 2.21. The Balaban J connectivity index is 2.05. The van der Waals surface area contributed by atoms with Gasteiger partial charge in [0.1, 0.15) is 5.82 Å². The van der Waals surface area contributed by atoms with Crippen LogP contribution in [0.15, 0.2) is 22.7 Å². The fourth-order valence-electron chi connectivity index (χ4n) is 2.46. The summed E-state index contributed by atoms with van der Waals surface area (Å²) >= 11 is 3.44. The zero-order valence-corrected chi connectivity index (χ0v) is 10.7. The van der Waals surface area contributed by atoms with Crippen molar-refractivity contribution in [3.05, 3.63) is 34.1 Å². The van der Waals surface area contributed by atoms with Gasteiger partial charge in [0.2, 0.25) is 0 Å². The van der Waals surface area contributed by atoms with Crippen LogP contribution in [0.5, 0.6) is 0 Å². The van der Waals surface area contributed by atoms with Gasteiger partial charge in [0.25, 0.3) is 0 Å². The Bertz CT molecular complexity index is 367. The lowest BCUT2D eigenvalue weighted by atomic mass is 9.83. The first-order chi connectivity index (χ1) is 7.65. The molecule has 1 saturated carbocycles. The molecule has 1 aromatic rings. The normalized spacial score (nSPS) is 25.7. The van der Waals surface area contributed by atoms with Crippen molar-refractivity contribution in [2.45, 2.75) is 38.2 Å². The molecule has 1 aromatic carbocycles. The number of rotatable bonds is 2. The third-order valence-corrected chi connectivity index (χ3v) is 4.05. The molecule has 2 rings (SSSR count). The zero-order valence-electron chi connectivity index (χ0n) is 9.13. The summed E-state index contributed by atoms with van der Waals surface area (Å²) in [6, 6.07) is 4.80. The third-order valence-electron chi connectivity index (χ3n) is 3.27. The molecule has 3 heteroatoms. The van der Waals surface area contributed by atoms with E-state index in [1.54, 1.807) is 12.1 Å². The van der Waals surface area contributed by atoms with E-state index in [1.165, 1.54) is 6.07 Å². The molecule has 0 amide bonds. The summed E-state index contributed by atoms with van der Waals surface area (Å²) < 4.78 is 14.1. The molecule has 88 valence electrons. The molecule has 16 heavy (non-hydrogen) atoms. The number of halogens is 2. The van der Waals surface area contributed by atoms with Crippen LogP contribution in [0.4, 0.5) is 4.39 Å². The molecule has 0 aliphatic heterocycles. The topological polar surface area (TPSA) is 20.2 Å². The second-order valence-electron chi connectivity index (χ2n) is 4.63. The summed E-state index contributed by atoms with van der Waals surface area (Å²) in [4.78, 5) is 0. The van der Waals surface area contributed by atoms with Crippen molar-refractivity contribution in [2.75, 3.05) is 0 Å². The summed E-state index contributed by atoms with van der Waals surface area (Å²) in [5, 5.41) is 9.60. The van der Waals surface area contributed by atoms with Gasteiger partial charge >= 0.3 is 0 Å². The van der Waals surface area contributed by atoms with Crippen LogP contribution < -0.4 is 0 Å². The van der Waals surface area contributed by atoms with Gasteiger partial charge in [-0.25, -0.2) is 4.39 Å². The quantitative estimate of drug-likeness (QED) is 0.879. The molecule has 1 aliphatic rings. The molecule has 1 N–H and O–H groups in total. The maximum absolute atomic E-state index is 13.1. The van der Waals surface area contributed by atoms with E-state index in [0.29, 0.717) is 5.92 Å². The van der Waals surface area contributed by atoms with Gasteiger partial charge in [-0.1, -0.05) is 22.4 Å². The number of benzene rings is 1. The number of hydrogen-bond donors (Lipinski definition) is 1. The van der Waals surface area contributed by atoms with Gasteiger partial charge in [-0.3, -0.25) is 0 Å². The van der Waals surface area contributed by atoms with Gasteiger partial charge in [-0.2, -0.15) is 0 Å². The van der Waals surface area contributed by atoms with E-state index in [0.717, 1.165) is 42.1 Å². The molecule has 1 fully saturated rings. The molecule has 2 unspecified atom stereocenters. The molecule has 0 saturated heterocycles. The minimum absolute atomic E-state index is 0.161. The van der Waals surface area contributed by atoms with Crippen LogP contribution in [0.1, 0.15) is 31.2 Å². The monoisotopic (exact) mass is 286 g/mol. The highest BCUT2D eigenvalue weighted by atomic mass is 79.9. The summed E-state index contributed by atoms with van der Waals surface area (Å²) in [6.45, 7) is 0. The van der Waals surface area contributed by atoms with Crippen LogP contribution in [-0.2, 0) is 6.42 Å². The number of hydrogen-bond acceptors (Lipinski definition) is 1. The highest BCUT2D eigenvalue weighted by Crippen LogP contribution is 2.29. The average Bonchev–Trinajstić information content (AvgIpc) is 2.24. The van der Waals surface area contributed by atoms with Crippen molar-refractivity contribution in [2.24, 2.45) is 5.92 Å². The molecule has 0 bridgehead atoms. The minimum Gasteiger partial charge on any atom is -0.393 e. The Morgan fingerprint density at radius 3 is 2.94 bits per heavy atom. The SMILES string of the molecule is OC1CCCC(Cc2cc(F)ccc2Br)C1. The second-order valence-corrected chi connectivity index (χ2v) is 5.48. The van der Waals surface area contributed by atoms with E-state index in [4.69, 9.17) is 0 Å². The molecule has 0 heterocycles. The van der Waals surface area contributed by atoms with Gasteiger partial charge in [0, 0.05) is 4.47 Å². The Kier molecular flexibility index (Phi) is 3.98. The van der Waals surface area contributed by atoms with Gasteiger partial charge in [0.05, 0.1) is 6.10 Å². The fourth-order valence-corrected chi connectivity index (χ4v) is 2.87. The average molecular weight is 287 g/mol. The van der Waals surface area contributed by atoms with Crippen LogP contribution in [0.3, 0.4) is 0 Å². The van der Waals surface area contributed by atoms with Gasteiger partial charge in [-0.05, 0) is 55.4 Å². The zero-order chi connectivity index (χ0) is 11.5. The molecular formula is C13H16BrFO. The molecule has 0 spiro atoms.